The number of amides is 1. The second kappa shape index (κ2) is 8.48. The molecule has 0 aliphatic carbocycles. The van der Waals surface area contributed by atoms with Crippen LogP contribution in [0.3, 0.4) is 0 Å². The Morgan fingerprint density at radius 3 is 2.57 bits per heavy atom. The molecule has 1 unspecified atom stereocenters. The Morgan fingerprint density at radius 1 is 1.23 bits per heavy atom. The number of pyridine rings is 1. The summed E-state index contributed by atoms with van der Waals surface area (Å²) in [4.78, 5) is 15.0. The standard InChI is InChI=1S/C18H18F3N3O5S/c1-28-17(25)23-13-2-4-15(5-3-13)30(26,27)24-9-7-14(11-24)29-16-10-12(6-8-22-16)18(19,20)21/h2-6,8,10,14H,7,9,11H2,1H3,(H,23,25). The van der Waals surface area contributed by atoms with Crippen molar-refractivity contribution in [3.8, 4) is 5.88 Å². The molecule has 0 bridgehead atoms. The number of alkyl halides is 3. The van der Waals surface area contributed by atoms with Gasteiger partial charge >= 0.3 is 12.3 Å². The molecule has 1 N–H and O–H groups in total. The van der Waals surface area contributed by atoms with E-state index in [0.29, 0.717) is 12.1 Å². The van der Waals surface area contributed by atoms with Gasteiger partial charge in [-0.05, 0) is 36.8 Å². The first kappa shape index (κ1) is 21.8. The number of carbonyl (C=O) groups excluding carboxylic acids is 1. The SMILES string of the molecule is COC(=O)Nc1ccc(S(=O)(=O)N2CCC(Oc3cc(C(F)(F)F)ccn3)C2)cc1. The molecule has 1 fully saturated rings. The number of hydrogen-bond acceptors (Lipinski definition) is 6. The molecule has 0 spiro atoms. The number of methoxy groups -OCH3 is 1. The Labute approximate surface area is 170 Å². The van der Waals surface area contributed by atoms with E-state index in [1.54, 1.807) is 0 Å². The minimum absolute atomic E-state index is 0.00996. The normalized spacial score (nSPS) is 17.5. The van der Waals surface area contributed by atoms with E-state index in [-0.39, 0.29) is 23.9 Å². The average Bonchev–Trinajstić information content (AvgIpc) is 3.17. The lowest BCUT2D eigenvalue weighted by molar-refractivity contribution is -0.137. The first-order chi connectivity index (χ1) is 14.1. The molecule has 1 aromatic carbocycles. The molecule has 8 nitrogen and oxygen atoms in total. The van der Waals surface area contributed by atoms with Crippen LogP contribution in [0.5, 0.6) is 5.88 Å². The molecule has 1 atom stereocenters. The molecule has 1 aliphatic rings. The minimum atomic E-state index is -4.53. The van der Waals surface area contributed by atoms with Crippen LogP contribution in [0.15, 0.2) is 47.5 Å². The fraction of sp³-hybridized carbons (Fsp3) is 0.333. The molecule has 1 aliphatic heterocycles. The first-order valence-corrected chi connectivity index (χ1v) is 10.2. The number of aromatic nitrogens is 1. The molecule has 0 saturated carbocycles. The van der Waals surface area contributed by atoms with Gasteiger partial charge in [0.1, 0.15) is 6.10 Å². The number of carbonyl (C=O) groups is 1. The van der Waals surface area contributed by atoms with Crippen molar-refractivity contribution >= 4 is 21.8 Å². The number of nitrogens with one attached hydrogen (secondary N) is 1. The largest absolute Gasteiger partial charge is 0.473 e. The lowest BCUT2D eigenvalue weighted by atomic mass is 10.2. The summed E-state index contributed by atoms with van der Waals surface area (Å²) in [6.07, 6.45) is -4.55. The number of sulfonamides is 1. The highest BCUT2D eigenvalue weighted by Gasteiger charge is 2.35. The lowest BCUT2D eigenvalue weighted by Crippen LogP contribution is -2.31. The number of halogens is 3. The molecule has 1 amide bonds. The van der Waals surface area contributed by atoms with Gasteiger partial charge < -0.3 is 9.47 Å². The second-order valence-electron chi connectivity index (χ2n) is 6.41. The second-order valence-corrected chi connectivity index (χ2v) is 8.35. The van der Waals surface area contributed by atoms with Crippen molar-refractivity contribution in [1.29, 1.82) is 0 Å². The van der Waals surface area contributed by atoms with Crippen molar-refractivity contribution in [1.82, 2.24) is 9.29 Å². The predicted octanol–water partition coefficient (Wildman–Crippen LogP) is 3.12. The van der Waals surface area contributed by atoms with E-state index >= 15 is 0 Å². The molecular formula is C18H18F3N3O5S. The maximum absolute atomic E-state index is 12.8. The van der Waals surface area contributed by atoms with E-state index in [2.05, 4.69) is 15.0 Å². The number of benzene rings is 1. The Hall–Kier alpha value is -2.86. The van der Waals surface area contributed by atoms with Crippen LogP contribution < -0.4 is 10.1 Å². The average molecular weight is 445 g/mol. The number of nitrogens with zero attached hydrogens (tertiary/aromatic N) is 2. The van der Waals surface area contributed by atoms with Crippen LogP contribution in [0.2, 0.25) is 0 Å². The molecule has 2 aromatic rings. The fourth-order valence-electron chi connectivity index (χ4n) is 2.86. The van der Waals surface area contributed by atoms with Crippen LogP contribution in [-0.2, 0) is 20.9 Å². The third-order valence-corrected chi connectivity index (χ3v) is 6.26. The van der Waals surface area contributed by atoms with Gasteiger partial charge in [-0.3, -0.25) is 5.32 Å². The highest BCUT2D eigenvalue weighted by atomic mass is 32.2. The van der Waals surface area contributed by atoms with Crippen molar-refractivity contribution in [2.45, 2.75) is 23.6 Å². The molecule has 3 rings (SSSR count). The maximum atomic E-state index is 12.8. The quantitative estimate of drug-likeness (QED) is 0.760. The van der Waals surface area contributed by atoms with Crippen molar-refractivity contribution in [2.24, 2.45) is 0 Å². The molecule has 1 aromatic heterocycles. The van der Waals surface area contributed by atoms with Gasteiger partial charge in [0.15, 0.2) is 0 Å². The van der Waals surface area contributed by atoms with Gasteiger partial charge in [-0.15, -0.1) is 0 Å². The molecule has 162 valence electrons. The van der Waals surface area contributed by atoms with E-state index in [1.165, 1.54) is 35.7 Å². The zero-order valence-electron chi connectivity index (χ0n) is 15.7. The summed E-state index contributed by atoms with van der Waals surface area (Å²) in [5, 5.41) is 2.41. The van der Waals surface area contributed by atoms with Gasteiger partial charge in [-0.2, -0.15) is 17.5 Å². The number of ether oxygens (including phenoxy) is 2. The highest BCUT2D eigenvalue weighted by Crippen LogP contribution is 2.31. The number of hydrogen-bond donors (Lipinski definition) is 1. The third-order valence-electron chi connectivity index (χ3n) is 4.38. The van der Waals surface area contributed by atoms with Gasteiger partial charge in [0, 0.05) is 24.5 Å². The Morgan fingerprint density at radius 2 is 1.93 bits per heavy atom. The number of rotatable bonds is 5. The summed E-state index contributed by atoms with van der Waals surface area (Å²) >= 11 is 0. The molecular weight excluding hydrogens is 427 g/mol. The summed E-state index contributed by atoms with van der Waals surface area (Å²) in [6, 6.07) is 7.12. The van der Waals surface area contributed by atoms with Gasteiger partial charge in [-0.1, -0.05) is 0 Å². The van der Waals surface area contributed by atoms with Crippen LogP contribution in [0.4, 0.5) is 23.7 Å². The van der Waals surface area contributed by atoms with Crippen molar-refractivity contribution in [3.63, 3.8) is 0 Å². The monoisotopic (exact) mass is 445 g/mol. The van der Waals surface area contributed by atoms with Crippen LogP contribution in [0, 0.1) is 0 Å². The van der Waals surface area contributed by atoms with Crippen LogP contribution in [-0.4, -0.2) is 50.1 Å². The lowest BCUT2D eigenvalue weighted by Gasteiger charge is -2.17. The third kappa shape index (κ3) is 5.00. The van der Waals surface area contributed by atoms with Crippen LogP contribution in [0.25, 0.3) is 0 Å². The van der Waals surface area contributed by atoms with Gasteiger partial charge in [0.2, 0.25) is 15.9 Å². The number of anilines is 1. The fourth-order valence-corrected chi connectivity index (χ4v) is 4.35. The van der Waals surface area contributed by atoms with Gasteiger partial charge in [0.05, 0.1) is 24.1 Å². The molecule has 1 saturated heterocycles. The summed E-state index contributed by atoms with van der Waals surface area (Å²) in [5.41, 5.74) is -0.533. The van der Waals surface area contributed by atoms with Crippen LogP contribution >= 0.6 is 0 Å². The molecule has 2 heterocycles. The topological polar surface area (TPSA) is 97.8 Å². The van der Waals surface area contributed by atoms with Crippen LogP contribution in [0.1, 0.15) is 12.0 Å². The molecule has 12 heteroatoms. The smallest absolute Gasteiger partial charge is 0.416 e. The van der Waals surface area contributed by atoms with Crippen molar-refractivity contribution in [2.75, 3.05) is 25.5 Å². The van der Waals surface area contributed by atoms with Gasteiger partial charge in [0.25, 0.3) is 0 Å². The summed E-state index contributed by atoms with van der Waals surface area (Å²) in [7, 11) is -2.63. The van der Waals surface area contributed by atoms with Crippen molar-refractivity contribution in [3.05, 3.63) is 48.2 Å². The predicted molar refractivity (Wildman–Crippen MR) is 99.5 cm³/mol. The van der Waals surface area contributed by atoms with E-state index in [9.17, 15) is 26.4 Å². The van der Waals surface area contributed by atoms with E-state index in [0.717, 1.165) is 18.3 Å². The maximum Gasteiger partial charge on any atom is 0.416 e. The summed E-state index contributed by atoms with van der Waals surface area (Å²) in [5.74, 6) is -0.215. The highest BCUT2D eigenvalue weighted by molar-refractivity contribution is 7.89. The minimum Gasteiger partial charge on any atom is -0.473 e. The van der Waals surface area contributed by atoms with E-state index in [4.69, 9.17) is 4.74 Å². The molecule has 30 heavy (non-hydrogen) atoms. The Balaban J connectivity index is 1.66. The zero-order chi connectivity index (χ0) is 21.9. The molecule has 0 radical (unpaired) electrons. The Bertz CT molecular complexity index is 1010. The van der Waals surface area contributed by atoms with Crippen molar-refractivity contribution < 1.29 is 35.9 Å². The Kier molecular flexibility index (Phi) is 6.17. The summed E-state index contributed by atoms with van der Waals surface area (Å²) < 4.78 is 75.1. The zero-order valence-corrected chi connectivity index (χ0v) is 16.5. The van der Waals surface area contributed by atoms with E-state index < -0.39 is 34.0 Å². The van der Waals surface area contributed by atoms with E-state index in [1.807, 2.05) is 0 Å². The first-order valence-electron chi connectivity index (χ1n) is 8.74. The summed E-state index contributed by atoms with van der Waals surface area (Å²) in [6.45, 7) is 0.122. The van der Waals surface area contributed by atoms with Gasteiger partial charge in [-0.25, -0.2) is 18.2 Å².